The van der Waals surface area contributed by atoms with E-state index in [0.29, 0.717) is 13.2 Å². The van der Waals surface area contributed by atoms with Crippen molar-refractivity contribution < 1.29 is 9.47 Å². The van der Waals surface area contributed by atoms with Crippen LogP contribution >= 0.6 is 0 Å². The molecule has 4 nitrogen and oxygen atoms in total. The molecule has 0 saturated carbocycles. The molecule has 2 aliphatic heterocycles. The van der Waals surface area contributed by atoms with Gasteiger partial charge >= 0.3 is 0 Å². The first kappa shape index (κ1) is 13.1. The van der Waals surface area contributed by atoms with E-state index in [1.807, 2.05) is 36.4 Å². The molecule has 0 amide bonds. The summed E-state index contributed by atoms with van der Waals surface area (Å²) in [5.74, 6) is 1.44. The Morgan fingerprint density at radius 3 is 1.36 bits per heavy atom. The lowest BCUT2D eigenvalue weighted by atomic mass is 9.95. The minimum absolute atomic E-state index is 0.654. The van der Waals surface area contributed by atoms with Crippen molar-refractivity contribution in [2.75, 3.05) is 26.3 Å². The molecule has 0 spiro atoms. The number of hydrogen-bond donors (Lipinski definition) is 0. The minimum Gasteiger partial charge on any atom is -0.475 e. The predicted octanol–water partition coefficient (Wildman–Crippen LogP) is 2.91. The zero-order chi connectivity index (χ0) is 14.8. The third kappa shape index (κ3) is 2.26. The van der Waals surface area contributed by atoms with Gasteiger partial charge in [-0.1, -0.05) is 36.4 Å². The molecule has 2 aliphatic rings. The summed E-state index contributed by atoms with van der Waals surface area (Å²) >= 11 is 0. The van der Waals surface area contributed by atoms with Crippen molar-refractivity contribution in [1.29, 1.82) is 0 Å². The molecular weight excluding hydrogens is 276 g/mol. The molecule has 0 saturated heterocycles. The Labute approximate surface area is 129 Å². The molecule has 0 atom stereocenters. The van der Waals surface area contributed by atoms with Gasteiger partial charge in [-0.2, -0.15) is 0 Å². The van der Waals surface area contributed by atoms with Crippen LogP contribution in [0.1, 0.15) is 11.1 Å². The number of hydrogen-bond acceptors (Lipinski definition) is 4. The van der Waals surface area contributed by atoms with E-state index < -0.39 is 0 Å². The molecule has 4 heteroatoms. The molecule has 110 valence electrons. The van der Waals surface area contributed by atoms with Crippen LogP contribution in [-0.2, 0) is 9.47 Å². The van der Waals surface area contributed by atoms with Gasteiger partial charge in [-0.3, -0.25) is 0 Å². The molecule has 0 fully saturated rings. The van der Waals surface area contributed by atoms with Crippen LogP contribution in [-0.4, -0.2) is 38.1 Å². The Hall–Kier alpha value is -2.62. The van der Waals surface area contributed by atoms with E-state index in [-0.39, 0.29) is 0 Å². The maximum absolute atomic E-state index is 5.66. The summed E-state index contributed by atoms with van der Waals surface area (Å²) in [6.45, 7) is 2.75. The van der Waals surface area contributed by atoms with E-state index in [9.17, 15) is 0 Å². The van der Waals surface area contributed by atoms with E-state index in [1.165, 1.54) is 0 Å². The van der Waals surface area contributed by atoms with E-state index in [4.69, 9.17) is 9.47 Å². The summed E-state index contributed by atoms with van der Waals surface area (Å²) in [5, 5.41) is 0. The summed E-state index contributed by atoms with van der Waals surface area (Å²) in [6, 6.07) is 16.4. The van der Waals surface area contributed by atoms with Crippen molar-refractivity contribution in [3.05, 3.63) is 59.7 Å². The first-order valence-corrected chi connectivity index (χ1v) is 7.47. The second kappa shape index (κ2) is 5.64. The lowest BCUT2D eigenvalue weighted by Crippen LogP contribution is -2.07. The van der Waals surface area contributed by atoms with Gasteiger partial charge < -0.3 is 9.47 Å². The second-order valence-corrected chi connectivity index (χ2v) is 5.16. The molecule has 22 heavy (non-hydrogen) atoms. The largest absolute Gasteiger partial charge is 0.475 e. The Balaban J connectivity index is 1.86. The SMILES string of the molecule is c1ccc(-c2ccccc2C2=NCCO2)c(C2=NCCO2)c1. The summed E-state index contributed by atoms with van der Waals surface area (Å²) in [5.41, 5.74) is 4.23. The average Bonchev–Trinajstić information content (AvgIpc) is 3.28. The number of ether oxygens (including phenoxy) is 2. The van der Waals surface area contributed by atoms with Gasteiger partial charge in [-0.25, -0.2) is 9.98 Å². The lowest BCUT2D eigenvalue weighted by Gasteiger charge is -2.13. The topological polar surface area (TPSA) is 43.2 Å². The van der Waals surface area contributed by atoms with Gasteiger partial charge in [-0.05, 0) is 23.3 Å². The maximum Gasteiger partial charge on any atom is 0.216 e. The number of aliphatic imine (C=N–C) groups is 2. The van der Waals surface area contributed by atoms with Gasteiger partial charge in [0.1, 0.15) is 13.2 Å². The normalized spacial score (nSPS) is 16.7. The molecule has 4 rings (SSSR count). The van der Waals surface area contributed by atoms with Gasteiger partial charge in [0.15, 0.2) is 0 Å². The molecule has 2 aromatic rings. The van der Waals surface area contributed by atoms with E-state index in [1.54, 1.807) is 0 Å². The lowest BCUT2D eigenvalue weighted by molar-refractivity contribution is 0.348. The van der Waals surface area contributed by atoms with Crippen LogP contribution in [0.25, 0.3) is 11.1 Å². The fourth-order valence-electron chi connectivity index (χ4n) is 2.81. The molecule has 2 aromatic carbocycles. The molecule has 0 aromatic heterocycles. The van der Waals surface area contributed by atoms with Gasteiger partial charge in [0, 0.05) is 11.1 Å². The molecule has 0 aliphatic carbocycles. The summed E-state index contributed by atoms with van der Waals surface area (Å²) in [6.07, 6.45) is 0. The highest BCUT2D eigenvalue weighted by atomic mass is 16.5. The van der Waals surface area contributed by atoms with Crippen molar-refractivity contribution in [1.82, 2.24) is 0 Å². The van der Waals surface area contributed by atoms with Crippen LogP contribution in [0.3, 0.4) is 0 Å². The molecule has 0 unspecified atom stereocenters. The number of nitrogens with zero attached hydrogens (tertiary/aromatic N) is 2. The standard InChI is InChI=1S/C18H16N2O2/c1-3-7-15(17-19-9-11-21-17)13(5-1)14-6-2-4-8-16(14)18-20-10-12-22-18/h1-8H,9-12H2. The maximum atomic E-state index is 5.66. The molecular formula is C18H16N2O2. The Kier molecular flexibility index (Phi) is 3.35. The van der Waals surface area contributed by atoms with Gasteiger partial charge in [-0.15, -0.1) is 0 Å². The highest BCUT2D eigenvalue weighted by Crippen LogP contribution is 2.29. The molecule has 0 N–H and O–H groups in total. The summed E-state index contributed by atoms with van der Waals surface area (Å²) in [4.78, 5) is 8.90. The third-order valence-corrected chi connectivity index (χ3v) is 3.78. The van der Waals surface area contributed by atoms with Crippen molar-refractivity contribution in [3.8, 4) is 11.1 Å². The fraction of sp³-hybridized carbons (Fsp3) is 0.222. The average molecular weight is 292 g/mol. The van der Waals surface area contributed by atoms with Crippen LogP contribution in [0.5, 0.6) is 0 Å². The van der Waals surface area contributed by atoms with Crippen LogP contribution < -0.4 is 0 Å². The predicted molar refractivity (Wildman–Crippen MR) is 86.6 cm³/mol. The highest BCUT2D eigenvalue weighted by Gasteiger charge is 2.20. The number of benzene rings is 2. The van der Waals surface area contributed by atoms with Gasteiger partial charge in [0.25, 0.3) is 0 Å². The quantitative estimate of drug-likeness (QED) is 0.873. The highest BCUT2D eigenvalue weighted by molar-refractivity contribution is 6.06. The van der Waals surface area contributed by atoms with Crippen LogP contribution in [0.15, 0.2) is 58.5 Å². The van der Waals surface area contributed by atoms with Crippen molar-refractivity contribution in [2.45, 2.75) is 0 Å². The Morgan fingerprint density at radius 2 is 1.00 bits per heavy atom. The minimum atomic E-state index is 0.654. The van der Waals surface area contributed by atoms with Crippen LogP contribution in [0.2, 0.25) is 0 Å². The number of rotatable bonds is 3. The third-order valence-electron chi connectivity index (χ3n) is 3.78. The molecule has 2 heterocycles. The smallest absolute Gasteiger partial charge is 0.216 e. The second-order valence-electron chi connectivity index (χ2n) is 5.16. The van der Waals surface area contributed by atoms with Gasteiger partial charge in [0.2, 0.25) is 11.8 Å². The fourth-order valence-corrected chi connectivity index (χ4v) is 2.81. The Morgan fingerprint density at radius 1 is 0.591 bits per heavy atom. The molecule has 0 bridgehead atoms. The molecule has 0 radical (unpaired) electrons. The van der Waals surface area contributed by atoms with Crippen LogP contribution in [0.4, 0.5) is 0 Å². The van der Waals surface area contributed by atoms with Crippen molar-refractivity contribution in [3.63, 3.8) is 0 Å². The zero-order valence-corrected chi connectivity index (χ0v) is 12.2. The monoisotopic (exact) mass is 292 g/mol. The van der Waals surface area contributed by atoms with E-state index in [0.717, 1.165) is 47.1 Å². The van der Waals surface area contributed by atoms with Crippen molar-refractivity contribution in [2.24, 2.45) is 9.98 Å². The Bertz CT molecular complexity index is 700. The van der Waals surface area contributed by atoms with Gasteiger partial charge in [0.05, 0.1) is 13.1 Å². The van der Waals surface area contributed by atoms with Crippen molar-refractivity contribution >= 4 is 11.8 Å². The first-order valence-electron chi connectivity index (χ1n) is 7.47. The van der Waals surface area contributed by atoms with Crippen LogP contribution in [0, 0.1) is 0 Å². The van der Waals surface area contributed by atoms with E-state index in [2.05, 4.69) is 22.1 Å². The summed E-state index contributed by atoms with van der Waals surface area (Å²) < 4.78 is 11.3. The van der Waals surface area contributed by atoms with E-state index >= 15 is 0 Å². The zero-order valence-electron chi connectivity index (χ0n) is 12.2. The summed E-state index contributed by atoms with van der Waals surface area (Å²) in [7, 11) is 0. The first-order chi connectivity index (χ1) is 10.9.